The highest BCUT2D eigenvalue weighted by Gasteiger charge is 2.48. The maximum atomic E-state index is 12.8. The topological polar surface area (TPSA) is 236 Å². The monoisotopic (exact) mass is 1160 g/mol. The van der Waals surface area contributed by atoms with Gasteiger partial charge in [0.05, 0.1) is 0 Å². The first-order chi connectivity index (χ1) is 36.8. The van der Waals surface area contributed by atoms with Crippen LogP contribution < -0.4 is 26.6 Å². The molecule has 4 aliphatic rings. The Balaban J connectivity index is 0.000000401. The molecule has 0 spiro atoms. The highest BCUT2D eigenvalue weighted by molar-refractivity contribution is 7.59. The van der Waals surface area contributed by atoms with Crippen molar-refractivity contribution in [3.8, 4) is 0 Å². The van der Waals surface area contributed by atoms with Crippen molar-refractivity contribution in [3.63, 3.8) is 0 Å². The van der Waals surface area contributed by atoms with Gasteiger partial charge in [0.1, 0.15) is 18.1 Å². The minimum absolute atomic E-state index is 0. The van der Waals surface area contributed by atoms with Crippen molar-refractivity contribution in [1.82, 2.24) is 46.3 Å². The van der Waals surface area contributed by atoms with E-state index in [4.69, 9.17) is 0 Å². The van der Waals surface area contributed by atoms with Crippen LogP contribution in [0.3, 0.4) is 0 Å². The number of carbonyl (C=O) groups is 9. The van der Waals surface area contributed by atoms with E-state index in [2.05, 4.69) is 31.6 Å². The quantitative estimate of drug-likeness (QED) is 0.0748. The molecule has 0 bridgehead atoms. The van der Waals surface area contributed by atoms with Crippen molar-refractivity contribution in [2.45, 2.75) is 168 Å². The van der Waals surface area contributed by atoms with Gasteiger partial charge in [-0.05, 0) is 79.3 Å². The molecular formula is C59H83N9O9S3. The summed E-state index contributed by atoms with van der Waals surface area (Å²) in [5.41, 5.74) is 3.74. The molecule has 21 heteroatoms. The van der Waals surface area contributed by atoms with E-state index in [0.717, 1.165) is 60.8 Å². The zero-order valence-electron chi connectivity index (χ0n) is 45.6. The molecule has 1 saturated carbocycles. The lowest BCUT2D eigenvalue weighted by atomic mass is 9.95. The summed E-state index contributed by atoms with van der Waals surface area (Å²) in [6.45, 7) is 8.77. The Hall–Kier alpha value is -6.71. The summed E-state index contributed by atoms with van der Waals surface area (Å²) in [4.78, 5) is 122. The van der Waals surface area contributed by atoms with Gasteiger partial charge in [0.25, 0.3) is 29.5 Å². The average molecular weight is 1160 g/mol. The fourth-order valence-corrected chi connectivity index (χ4v) is 9.77. The summed E-state index contributed by atoms with van der Waals surface area (Å²) >= 11 is 0. The largest absolute Gasteiger partial charge is 0.350 e. The normalized spacial score (nSPS) is 20.4. The molecule has 436 valence electrons. The van der Waals surface area contributed by atoms with Gasteiger partial charge >= 0.3 is 0 Å². The maximum Gasteiger partial charge on any atom is 0.253 e. The number of aromatic nitrogens is 1. The van der Waals surface area contributed by atoms with Gasteiger partial charge in [0, 0.05) is 51.0 Å². The van der Waals surface area contributed by atoms with E-state index in [9.17, 15) is 43.2 Å². The predicted molar refractivity (Wildman–Crippen MR) is 323 cm³/mol. The molecule has 4 fully saturated rings. The number of hydrogen-bond donors (Lipinski definition) is 5. The van der Waals surface area contributed by atoms with Crippen LogP contribution in [-0.4, -0.2) is 122 Å². The van der Waals surface area contributed by atoms with Crippen molar-refractivity contribution >= 4 is 93.5 Å². The third kappa shape index (κ3) is 18.7. The molecular weight excluding hydrogens is 1070 g/mol. The van der Waals surface area contributed by atoms with Gasteiger partial charge in [-0.15, -0.1) is 0 Å². The van der Waals surface area contributed by atoms with Gasteiger partial charge < -0.3 is 41.3 Å². The molecule has 8 amide bonds. The number of pyridine rings is 1. The van der Waals surface area contributed by atoms with Crippen molar-refractivity contribution in [1.29, 1.82) is 0 Å². The number of unbranched alkanes of at least 4 members (excludes halogenated alkanes) is 1. The lowest BCUT2D eigenvalue weighted by Crippen LogP contribution is -2.67. The number of aryl methyl sites for hydroxylation is 1. The number of nitrogens with zero attached hydrogens (tertiary/aromatic N) is 4. The molecule has 8 rings (SSSR count). The van der Waals surface area contributed by atoms with Crippen LogP contribution in [0.5, 0.6) is 0 Å². The summed E-state index contributed by atoms with van der Waals surface area (Å²) in [5.74, 6) is -2.77. The number of rotatable bonds is 19. The first-order valence-corrected chi connectivity index (χ1v) is 26.7. The number of carbonyl (C=O) groups excluding carboxylic acids is 9. The van der Waals surface area contributed by atoms with E-state index in [1.807, 2.05) is 119 Å². The third-order valence-electron chi connectivity index (χ3n) is 14.0. The van der Waals surface area contributed by atoms with Crippen LogP contribution >= 0.6 is 40.5 Å². The number of ketones is 1. The van der Waals surface area contributed by atoms with Gasteiger partial charge in [-0.3, -0.25) is 48.1 Å². The second-order valence-corrected chi connectivity index (χ2v) is 19.4. The predicted octanol–water partition coefficient (Wildman–Crippen LogP) is 5.42. The molecule has 0 radical (unpaired) electrons. The number of piperazine rings is 3. The SMILES string of the molecule is C.CCCCN1C(=O)[C@H](CC)NC(=O)C1C(=O)NCc1ccccc1.CC[C@@H]1NC(=O)C(C(=O)CCc2ccccc2)N(C2CCCC2)C1=O.CC[C@@H]1NC(=O)C(C(=O)NCc2ccccc2)N(Cc2ccncc2)C1=O.S.S.S. The molecule has 3 aliphatic heterocycles. The molecule has 3 saturated heterocycles. The van der Waals surface area contributed by atoms with Gasteiger partial charge in [-0.25, -0.2) is 0 Å². The zero-order valence-corrected chi connectivity index (χ0v) is 48.6. The number of amides is 8. The van der Waals surface area contributed by atoms with E-state index in [-0.39, 0.29) is 103 Å². The van der Waals surface area contributed by atoms with E-state index in [1.54, 1.807) is 29.4 Å². The molecule has 1 aliphatic carbocycles. The number of hydrogen-bond acceptors (Lipinski definition) is 10. The smallest absolute Gasteiger partial charge is 0.253 e. The minimum Gasteiger partial charge on any atom is -0.350 e. The Morgan fingerprint density at radius 3 is 1.40 bits per heavy atom. The van der Waals surface area contributed by atoms with Crippen LogP contribution in [0, 0.1) is 0 Å². The van der Waals surface area contributed by atoms with Gasteiger partial charge in [0.2, 0.25) is 17.7 Å². The van der Waals surface area contributed by atoms with Crippen LogP contribution in [0.25, 0.3) is 0 Å². The van der Waals surface area contributed by atoms with Gasteiger partial charge in [-0.1, -0.05) is 145 Å². The summed E-state index contributed by atoms with van der Waals surface area (Å²) in [6, 6.07) is 27.3. The first-order valence-electron chi connectivity index (χ1n) is 26.7. The summed E-state index contributed by atoms with van der Waals surface area (Å²) in [7, 11) is 0. The summed E-state index contributed by atoms with van der Waals surface area (Å²) in [5, 5.41) is 13.6. The number of nitrogens with one attached hydrogen (secondary N) is 5. The second-order valence-electron chi connectivity index (χ2n) is 19.4. The summed E-state index contributed by atoms with van der Waals surface area (Å²) in [6.07, 6.45) is 11.2. The molecule has 5 N–H and O–H groups in total. The molecule has 3 aromatic carbocycles. The van der Waals surface area contributed by atoms with Crippen molar-refractivity contribution in [2.24, 2.45) is 0 Å². The molecule has 1 aromatic heterocycles. The van der Waals surface area contributed by atoms with Gasteiger partial charge in [-0.2, -0.15) is 40.5 Å². The van der Waals surface area contributed by atoms with Crippen molar-refractivity contribution in [2.75, 3.05) is 6.54 Å². The van der Waals surface area contributed by atoms with E-state index in [1.165, 1.54) is 9.80 Å². The van der Waals surface area contributed by atoms with Crippen LogP contribution in [0.2, 0.25) is 0 Å². The Labute approximate surface area is 492 Å². The van der Waals surface area contributed by atoms with Crippen LogP contribution in [0.4, 0.5) is 0 Å². The molecule has 6 atom stereocenters. The van der Waals surface area contributed by atoms with E-state index >= 15 is 0 Å². The van der Waals surface area contributed by atoms with Crippen LogP contribution in [0.15, 0.2) is 116 Å². The minimum atomic E-state index is -1.20. The molecule has 3 unspecified atom stereocenters. The lowest BCUT2D eigenvalue weighted by molar-refractivity contribution is -0.156. The first kappa shape index (κ1) is 69.4. The average Bonchev–Trinajstić information content (AvgIpc) is 3.99. The Morgan fingerprint density at radius 1 is 0.537 bits per heavy atom. The Bertz CT molecular complexity index is 2620. The number of benzene rings is 3. The highest BCUT2D eigenvalue weighted by atomic mass is 32.1. The van der Waals surface area contributed by atoms with Crippen LogP contribution in [0.1, 0.15) is 122 Å². The molecule has 80 heavy (non-hydrogen) atoms. The number of Topliss-reactive ketones (excluding diaryl/α,β-unsaturated/α-hetero) is 1. The van der Waals surface area contributed by atoms with Crippen molar-refractivity contribution < 1.29 is 43.2 Å². The summed E-state index contributed by atoms with van der Waals surface area (Å²) < 4.78 is 0. The fraction of sp³-hybridized carbons (Fsp3) is 0.458. The van der Waals surface area contributed by atoms with E-state index in [0.29, 0.717) is 38.8 Å². The fourth-order valence-electron chi connectivity index (χ4n) is 9.77. The van der Waals surface area contributed by atoms with Crippen LogP contribution in [-0.2, 0) is 69.2 Å². The lowest BCUT2D eigenvalue weighted by Gasteiger charge is -2.41. The Kier molecular flexibility index (Phi) is 30.5. The van der Waals surface area contributed by atoms with Crippen molar-refractivity contribution in [3.05, 3.63) is 138 Å². The molecule has 4 heterocycles. The standard InChI is InChI=1S/C20H22N4O3.C20H26N2O3.C18H25N3O3.CH4.3H2S/c1-2-16-20(27)24(13-15-8-10-21-11-9-15)17(19(26)23-16)18(25)22-12-14-6-4-3-5-7-14;1-2-16-20(25)22(15-10-6-7-11-15)18(19(24)21-16)17(23)13-12-14-8-4-3-5-9-14;1-3-5-11-21-15(17(23)20-14(4-2)18(21)24)16(22)19-12-13-9-7-6-8-10-13;;;;/h3-11,16-17H,2,12-13H2,1H3,(H,22,25)(H,23,26);3-5,8-9,15-16,18H,2,6-7,10-13H2,1H3,(H,21,24);6-10,14-15H,3-5,11-12H2,1-2H3,(H,19,22)(H,20,23);1H4;3*1H2/t16-,17?;16-,18?;14-,15?;;;;/m000..../s1. The third-order valence-corrected chi connectivity index (χ3v) is 14.0. The second kappa shape index (κ2) is 35.1. The zero-order chi connectivity index (χ0) is 54.6. The maximum absolute atomic E-state index is 12.8. The Morgan fingerprint density at radius 2 is 0.950 bits per heavy atom. The van der Waals surface area contributed by atoms with Gasteiger partial charge in [0.15, 0.2) is 23.9 Å². The highest BCUT2D eigenvalue weighted by Crippen LogP contribution is 2.29. The molecule has 18 nitrogen and oxygen atoms in total. The van der Waals surface area contributed by atoms with E-state index < -0.39 is 59.9 Å². The molecule has 4 aromatic rings.